The Kier molecular flexibility index (Phi) is 2.62. The van der Waals surface area contributed by atoms with E-state index in [1.807, 2.05) is 6.08 Å². The number of rotatable bonds is 2. The zero-order valence-electron chi connectivity index (χ0n) is 15.9. The average molecular weight is 356 g/mol. The van der Waals surface area contributed by atoms with Crippen molar-refractivity contribution in [1.29, 1.82) is 0 Å². The fraction of sp³-hybridized carbons (Fsp3) is 0.818. The Morgan fingerprint density at radius 3 is 2.85 bits per heavy atom. The van der Waals surface area contributed by atoms with E-state index in [2.05, 4.69) is 20.8 Å². The van der Waals surface area contributed by atoms with Gasteiger partial charge in [-0.25, -0.2) is 0 Å². The van der Waals surface area contributed by atoms with Gasteiger partial charge in [-0.05, 0) is 68.8 Å². The van der Waals surface area contributed by atoms with Crippen LogP contribution < -0.4 is 0 Å². The molecule has 5 fully saturated rings. The first-order chi connectivity index (χ1) is 12.3. The van der Waals surface area contributed by atoms with Gasteiger partial charge in [-0.15, -0.1) is 0 Å². The third-order valence-electron chi connectivity index (χ3n) is 9.95. The van der Waals surface area contributed by atoms with E-state index in [0.29, 0.717) is 42.3 Å². The van der Waals surface area contributed by atoms with Crippen molar-refractivity contribution in [3.8, 4) is 0 Å². The highest BCUT2D eigenvalue weighted by Gasteiger charge is 2.85. The summed E-state index contributed by atoms with van der Waals surface area (Å²) in [5.41, 5.74) is 0.999. The van der Waals surface area contributed by atoms with E-state index in [4.69, 9.17) is 9.47 Å². The predicted octanol–water partition coefficient (Wildman–Crippen LogP) is 3.44. The quantitative estimate of drug-likeness (QED) is 0.562. The Hall–Kier alpha value is -1.16. The maximum atomic E-state index is 12.1. The van der Waals surface area contributed by atoms with Crippen molar-refractivity contribution in [3.63, 3.8) is 0 Å². The van der Waals surface area contributed by atoms with Crippen molar-refractivity contribution in [3.05, 3.63) is 11.6 Å². The topological polar surface area (TPSA) is 55.9 Å². The van der Waals surface area contributed by atoms with Crippen LogP contribution in [0.5, 0.6) is 0 Å². The molecule has 5 aliphatic carbocycles. The lowest BCUT2D eigenvalue weighted by Crippen LogP contribution is -2.60. The van der Waals surface area contributed by atoms with E-state index >= 15 is 0 Å². The number of carbonyl (C=O) groups is 2. The van der Waals surface area contributed by atoms with Gasteiger partial charge in [-0.3, -0.25) is 9.59 Å². The molecule has 1 saturated heterocycles. The molecule has 0 amide bonds. The summed E-state index contributed by atoms with van der Waals surface area (Å²) in [7, 11) is 0. The minimum Gasteiger partial charge on any atom is -0.461 e. The molecule has 1 heterocycles. The Labute approximate surface area is 154 Å². The molecule has 9 atom stereocenters. The molecule has 1 aliphatic heterocycles. The van der Waals surface area contributed by atoms with Crippen LogP contribution >= 0.6 is 0 Å². The molecule has 4 nitrogen and oxygen atoms in total. The molecule has 26 heavy (non-hydrogen) atoms. The Balaban J connectivity index is 1.47. The van der Waals surface area contributed by atoms with Crippen LogP contribution in [-0.4, -0.2) is 29.6 Å². The summed E-state index contributed by atoms with van der Waals surface area (Å²) in [4.78, 5) is 23.3. The first-order valence-corrected chi connectivity index (χ1v) is 10.3. The van der Waals surface area contributed by atoms with Crippen molar-refractivity contribution in [2.24, 2.45) is 34.5 Å². The Morgan fingerprint density at radius 1 is 1.27 bits per heavy atom. The molecule has 0 aromatic heterocycles. The van der Waals surface area contributed by atoms with Crippen LogP contribution in [-0.2, 0) is 19.1 Å². The summed E-state index contributed by atoms with van der Waals surface area (Å²) >= 11 is 0. The second-order valence-electron chi connectivity index (χ2n) is 10.5. The largest absolute Gasteiger partial charge is 0.461 e. The summed E-state index contributed by atoms with van der Waals surface area (Å²) in [6.07, 6.45) is 8.13. The number of epoxide rings is 1. The van der Waals surface area contributed by atoms with Crippen LogP contribution in [0.4, 0.5) is 0 Å². The van der Waals surface area contributed by atoms with Crippen LogP contribution in [0, 0.1) is 34.5 Å². The predicted molar refractivity (Wildman–Crippen MR) is 94.1 cm³/mol. The molecule has 1 spiro atoms. The average Bonchev–Trinajstić information content (AvgIpc) is 3.47. The standard InChI is InChI=1S/C22H28O4/c1-19-6-4-12(24)8-16(19)13-9-14(13)18-15-5-7-21(3,25-11-23)20(15,2)10-17-22(18,19)26-17/h8,11,13-15,17-18H,4-7,9-10H2,1-3H3/t13-,14+,15+,17+,18+,19+,20+,21+,22?/m1/s1. The molecule has 6 aliphatic rings. The van der Waals surface area contributed by atoms with Crippen LogP contribution in [0.25, 0.3) is 0 Å². The van der Waals surface area contributed by atoms with Gasteiger partial charge in [-0.2, -0.15) is 0 Å². The summed E-state index contributed by atoms with van der Waals surface area (Å²) < 4.78 is 12.4. The SMILES string of the molecule is C[C@]12CCC(=O)C=C1[C@@H]1C[C@@H]1[C@H]1[C@@H]3CC[C@](C)(OC=O)[C@@]3(C)C[C@@H]3OC132. The van der Waals surface area contributed by atoms with Gasteiger partial charge in [-0.1, -0.05) is 19.4 Å². The maximum absolute atomic E-state index is 12.1. The third kappa shape index (κ3) is 1.44. The zero-order chi connectivity index (χ0) is 18.1. The van der Waals surface area contributed by atoms with Crippen LogP contribution in [0.15, 0.2) is 11.6 Å². The lowest BCUT2D eigenvalue weighted by Gasteiger charge is -2.56. The summed E-state index contributed by atoms with van der Waals surface area (Å²) in [5, 5.41) is 0. The molecular weight excluding hydrogens is 328 g/mol. The monoisotopic (exact) mass is 356 g/mol. The van der Waals surface area contributed by atoms with Crippen molar-refractivity contribution < 1.29 is 19.1 Å². The van der Waals surface area contributed by atoms with Crippen molar-refractivity contribution in [2.45, 2.75) is 76.6 Å². The van der Waals surface area contributed by atoms with Gasteiger partial charge in [0.15, 0.2) is 5.78 Å². The number of fused-ring (bicyclic) bond motifs is 6. The van der Waals surface area contributed by atoms with Gasteiger partial charge in [0.05, 0.1) is 6.10 Å². The molecule has 6 rings (SSSR count). The Morgan fingerprint density at radius 2 is 2.08 bits per heavy atom. The lowest BCUT2D eigenvalue weighted by atomic mass is 9.46. The van der Waals surface area contributed by atoms with E-state index in [1.165, 1.54) is 12.0 Å². The number of ketones is 1. The molecule has 0 N–H and O–H groups in total. The second-order valence-corrected chi connectivity index (χ2v) is 10.5. The fourth-order valence-electron chi connectivity index (χ4n) is 8.34. The smallest absolute Gasteiger partial charge is 0.293 e. The molecular formula is C22H28O4. The van der Waals surface area contributed by atoms with Gasteiger partial charge in [0.1, 0.15) is 11.2 Å². The first kappa shape index (κ1) is 15.9. The lowest BCUT2D eigenvalue weighted by molar-refractivity contribution is -0.162. The van der Waals surface area contributed by atoms with Gasteiger partial charge < -0.3 is 9.47 Å². The van der Waals surface area contributed by atoms with Gasteiger partial charge >= 0.3 is 0 Å². The van der Waals surface area contributed by atoms with Crippen molar-refractivity contribution in [2.75, 3.05) is 0 Å². The van der Waals surface area contributed by atoms with Crippen molar-refractivity contribution in [1.82, 2.24) is 0 Å². The number of hydrogen-bond acceptors (Lipinski definition) is 4. The highest BCUT2D eigenvalue weighted by atomic mass is 16.6. The molecule has 4 heteroatoms. The van der Waals surface area contributed by atoms with Gasteiger partial charge in [0.2, 0.25) is 0 Å². The molecule has 0 aromatic rings. The highest BCUT2D eigenvalue weighted by molar-refractivity contribution is 5.92. The second kappa shape index (κ2) is 4.29. The molecule has 140 valence electrons. The zero-order valence-corrected chi connectivity index (χ0v) is 15.9. The minimum atomic E-state index is -0.374. The Bertz CT molecular complexity index is 772. The number of ether oxygens (including phenoxy) is 2. The van der Waals surface area contributed by atoms with Gasteiger partial charge in [0.25, 0.3) is 6.47 Å². The van der Waals surface area contributed by atoms with Gasteiger partial charge in [0, 0.05) is 17.3 Å². The minimum absolute atomic E-state index is 0.00154. The molecule has 4 saturated carbocycles. The fourth-order valence-corrected chi connectivity index (χ4v) is 8.34. The van der Waals surface area contributed by atoms with Crippen LogP contribution in [0.2, 0.25) is 0 Å². The number of hydrogen-bond donors (Lipinski definition) is 0. The normalized spacial score (nSPS) is 61.3. The molecule has 0 bridgehead atoms. The van der Waals surface area contributed by atoms with Crippen LogP contribution in [0.3, 0.4) is 0 Å². The summed E-state index contributed by atoms with van der Waals surface area (Å²) in [6, 6.07) is 0. The highest BCUT2D eigenvalue weighted by Crippen LogP contribution is 2.82. The first-order valence-electron chi connectivity index (χ1n) is 10.3. The maximum Gasteiger partial charge on any atom is 0.293 e. The molecule has 1 unspecified atom stereocenters. The van der Waals surface area contributed by atoms with E-state index in [-0.39, 0.29) is 28.1 Å². The van der Waals surface area contributed by atoms with E-state index < -0.39 is 0 Å². The summed E-state index contributed by atoms with van der Waals surface area (Å²) in [6.45, 7) is 7.51. The van der Waals surface area contributed by atoms with Crippen LogP contribution in [0.1, 0.15) is 59.3 Å². The molecule has 0 radical (unpaired) electrons. The molecule has 0 aromatic carbocycles. The van der Waals surface area contributed by atoms with Crippen molar-refractivity contribution >= 4 is 12.3 Å². The van der Waals surface area contributed by atoms with E-state index in [1.54, 1.807) is 0 Å². The van der Waals surface area contributed by atoms with E-state index in [9.17, 15) is 9.59 Å². The summed E-state index contributed by atoms with van der Waals surface area (Å²) in [5.74, 6) is 2.67. The van der Waals surface area contributed by atoms with E-state index in [0.717, 1.165) is 25.7 Å². The number of carbonyl (C=O) groups excluding carboxylic acids is 2. The third-order valence-corrected chi connectivity index (χ3v) is 9.95.